The normalized spacial score (nSPS) is 10.6. The fourth-order valence-electron chi connectivity index (χ4n) is 1.35. The SMILES string of the molecule is CCCc1nc(-c2cscn2)nc(N)c1Br. The van der Waals surface area contributed by atoms with Crippen molar-refractivity contribution in [1.29, 1.82) is 0 Å². The van der Waals surface area contributed by atoms with Crippen LogP contribution in [-0.2, 0) is 6.42 Å². The molecule has 0 aliphatic rings. The Hall–Kier alpha value is -1.01. The van der Waals surface area contributed by atoms with Crippen LogP contribution in [0.25, 0.3) is 11.5 Å². The van der Waals surface area contributed by atoms with E-state index in [-0.39, 0.29) is 0 Å². The van der Waals surface area contributed by atoms with Crippen molar-refractivity contribution in [3.63, 3.8) is 0 Å². The lowest BCUT2D eigenvalue weighted by molar-refractivity contribution is 0.869. The van der Waals surface area contributed by atoms with Crippen molar-refractivity contribution in [2.45, 2.75) is 19.8 Å². The fraction of sp³-hybridized carbons (Fsp3) is 0.300. The van der Waals surface area contributed by atoms with Gasteiger partial charge in [-0.3, -0.25) is 0 Å². The molecule has 2 rings (SSSR count). The predicted molar refractivity (Wildman–Crippen MR) is 69.2 cm³/mol. The molecule has 0 spiro atoms. The summed E-state index contributed by atoms with van der Waals surface area (Å²) in [5.74, 6) is 1.08. The predicted octanol–water partition coefficient (Wildman–Crippen LogP) is 2.90. The van der Waals surface area contributed by atoms with E-state index in [1.54, 1.807) is 5.51 Å². The third kappa shape index (κ3) is 2.22. The van der Waals surface area contributed by atoms with Gasteiger partial charge in [0.2, 0.25) is 0 Å². The number of nitrogens with zero attached hydrogens (tertiary/aromatic N) is 3. The summed E-state index contributed by atoms with van der Waals surface area (Å²) in [5, 5.41) is 1.92. The molecule has 2 N–H and O–H groups in total. The molecule has 84 valence electrons. The molecule has 0 fully saturated rings. The van der Waals surface area contributed by atoms with E-state index in [1.807, 2.05) is 5.38 Å². The fourth-order valence-corrected chi connectivity index (χ4v) is 2.26. The molecule has 6 heteroatoms. The summed E-state index contributed by atoms with van der Waals surface area (Å²) >= 11 is 4.93. The Morgan fingerprint density at radius 3 is 2.88 bits per heavy atom. The van der Waals surface area contributed by atoms with Gasteiger partial charge in [-0.2, -0.15) is 0 Å². The van der Waals surface area contributed by atoms with Crippen LogP contribution in [-0.4, -0.2) is 15.0 Å². The van der Waals surface area contributed by atoms with Crippen molar-refractivity contribution in [2.24, 2.45) is 0 Å². The van der Waals surface area contributed by atoms with E-state index < -0.39 is 0 Å². The maximum absolute atomic E-state index is 5.84. The van der Waals surface area contributed by atoms with Crippen LogP contribution in [0.5, 0.6) is 0 Å². The standard InChI is InChI=1S/C10H11BrN4S/c1-2-3-6-8(11)9(12)15-10(14-6)7-4-16-5-13-7/h4-5H,2-3H2,1H3,(H2,12,14,15). The summed E-state index contributed by atoms with van der Waals surface area (Å²) in [4.78, 5) is 12.9. The lowest BCUT2D eigenvalue weighted by Gasteiger charge is -2.06. The van der Waals surface area contributed by atoms with Crippen LogP contribution in [0.15, 0.2) is 15.4 Å². The number of anilines is 1. The second-order valence-electron chi connectivity index (χ2n) is 3.32. The summed E-state index contributed by atoms with van der Waals surface area (Å²) in [7, 11) is 0. The van der Waals surface area contributed by atoms with Gasteiger partial charge in [-0.15, -0.1) is 11.3 Å². The number of rotatable bonds is 3. The average molecular weight is 299 g/mol. The third-order valence-electron chi connectivity index (χ3n) is 2.09. The average Bonchev–Trinajstić information content (AvgIpc) is 2.78. The number of aromatic nitrogens is 3. The largest absolute Gasteiger partial charge is 0.383 e. The molecule has 0 unspecified atom stereocenters. The highest BCUT2D eigenvalue weighted by Crippen LogP contribution is 2.25. The number of nitrogens with two attached hydrogens (primary N) is 1. The summed E-state index contributed by atoms with van der Waals surface area (Å²) in [5.41, 5.74) is 9.32. The Labute approximate surface area is 106 Å². The Balaban J connectivity index is 2.48. The van der Waals surface area contributed by atoms with Crippen molar-refractivity contribution < 1.29 is 0 Å². The summed E-state index contributed by atoms with van der Waals surface area (Å²) in [6, 6.07) is 0. The number of thiazole rings is 1. The zero-order valence-electron chi connectivity index (χ0n) is 8.77. The molecule has 16 heavy (non-hydrogen) atoms. The van der Waals surface area contributed by atoms with Crippen LogP contribution in [0.1, 0.15) is 19.0 Å². The molecule has 0 aliphatic carbocycles. The van der Waals surface area contributed by atoms with E-state index in [1.165, 1.54) is 11.3 Å². The van der Waals surface area contributed by atoms with E-state index >= 15 is 0 Å². The van der Waals surface area contributed by atoms with E-state index in [2.05, 4.69) is 37.8 Å². The number of aryl methyl sites for hydroxylation is 1. The van der Waals surface area contributed by atoms with Crippen LogP contribution in [0.4, 0.5) is 5.82 Å². The van der Waals surface area contributed by atoms with Crippen LogP contribution >= 0.6 is 27.3 Å². The molecule has 2 heterocycles. The highest BCUT2D eigenvalue weighted by molar-refractivity contribution is 9.10. The minimum absolute atomic E-state index is 0.474. The molecule has 0 aromatic carbocycles. The monoisotopic (exact) mass is 298 g/mol. The molecule has 2 aromatic heterocycles. The van der Waals surface area contributed by atoms with Crippen molar-refractivity contribution in [3.8, 4) is 11.5 Å². The van der Waals surface area contributed by atoms with Crippen LogP contribution in [0, 0.1) is 0 Å². The van der Waals surface area contributed by atoms with Crippen LogP contribution < -0.4 is 5.73 Å². The van der Waals surface area contributed by atoms with Gasteiger partial charge in [-0.1, -0.05) is 13.3 Å². The highest BCUT2D eigenvalue weighted by Gasteiger charge is 2.11. The van der Waals surface area contributed by atoms with E-state index in [9.17, 15) is 0 Å². The van der Waals surface area contributed by atoms with Crippen LogP contribution in [0.3, 0.4) is 0 Å². The molecule has 0 saturated carbocycles. The number of hydrogen-bond acceptors (Lipinski definition) is 5. The van der Waals surface area contributed by atoms with Crippen LogP contribution in [0.2, 0.25) is 0 Å². The molecule has 2 aromatic rings. The Kier molecular flexibility index (Phi) is 3.50. The van der Waals surface area contributed by atoms with Gasteiger partial charge in [-0.25, -0.2) is 15.0 Å². The molecule has 0 aliphatic heterocycles. The smallest absolute Gasteiger partial charge is 0.181 e. The first kappa shape index (κ1) is 11.5. The molecule has 0 saturated heterocycles. The molecule has 0 atom stereocenters. The third-order valence-corrected chi connectivity index (χ3v) is 3.54. The summed E-state index contributed by atoms with van der Waals surface area (Å²) in [6.45, 7) is 2.10. The van der Waals surface area contributed by atoms with Crippen molar-refractivity contribution in [2.75, 3.05) is 5.73 Å². The van der Waals surface area contributed by atoms with E-state index in [0.717, 1.165) is 28.7 Å². The van der Waals surface area contributed by atoms with Gasteiger partial charge in [0, 0.05) is 5.38 Å². The molecule has 0 radical (unpaired) electrons. The van der Waals surface area contributed by atoms with E-state index in [0.29, 0.717) is 11.6 Å². The Morgan fingerprint density at radius 2 is 2.25 bits per heavy atom. The molecule has 0 amide bonds. The van der Waals surface area contributed by atoms with Crippen molar-refractivity contribution >= 4 is 33.1 Å². The lowest BCUT2D eigenvalue weighted by atomic mass is 10.2. The highest BCUT2D eigenvalue weighted by atomic mass is 79.9. The second-order valence-corrected chi connectivity index (χ2v) is 4.83. The zero-order chi connectivity index (χ0) is 11.5. The van der Waals surface area contributed by atoms with Gasteiger partial charge in [0.1, 0.15) is 11.5 Å². The zero-order valence-corrected chi connectivity index (χ0v) is 11.2. The summed E-state index contributed by atoms with van der Waals surface area (Å²) < 4.78 is 0.799. The van der Waals surface area contributed by atoms with Gasteiger partial charge < -0.3 is 5.73 Å². The van der Waals surface area contributed by atoms with Crippen molar-refractivity contribution in [1.82, 2.24) is 15.0 Å². The lowest BCUT2D eigenvalue weighted by Crippen LogP contribution is -2.02. The quantitative estimate of drug-likeness (QED) is 0.946. The summed E-state index contributed by atoms with van der Waals surface area (Å²) in [6.07, 6.45) is 1.90. The Bertz CT molecular complexity index is 484. The van der Waals surface area contributed by atoms with Gasteiger partial charge in [0.25, 0.3) is 0 Å². The van der Waals surface area contributed by atoms with Crippen molar-refractivity contribution in [3.05, 3.63) is 21.1 Å². The molecular weight excluding hydrogens is 288 g/mol. The first-order valence-electron chi connectivity index (χ1n) is 4.92. The molecule has 4 nitrogen and oxygen atoms in total. The number of nitrogen functional groups attached to an aromatic ring is 1. The molecule has 0 bridgehead atoms. The maximum atomic E-state index is 5.84. The Morgan fingerprint density at radius 1 is 1.44 bits per heavy atom. The first-order chi connectivity index (χ1) is 7.72. The van der Waals surface area contributed by atoms with Gasteiger partial charge in [-0.05, 0) is 22.4 Å². The van der Waals surface area contributed by atoms with Gasteiger partial charge >= 0.3 is 0 Å². The maximum Gasteiger partial charge on any atom is 0.181 e. The van der Waals surface area contributed by atoms with Gasteiger partial charge in [0.15, 0.2) is 5.82 Å². The second kappa shape index (κ2) is 4.88. The van der Waals surface area contributed by atoms with E-state index in [4.69, 9.17) is 5.73 Å². The first-order valence-corrected chi connectivity index (χ1v) is 6.66. The minimum Gasteiger partial charge on any atom is -0.383 e. The number of hydrogen-bond donors (Lipinski definition) is 1. The van der Waals surface area contributed by atoms with Gasteiger partial charge in [0.05, 0.1) is 15.7 Å². The molecular formula is C10H11BrN4S. The number of halogens is 1. The topological polar surface area (TPSA) is 64.7 Å². The minimum atomic E-state index is 0.474.